The van der Waals surface area contributed by atoms with Crippen molar-refractivity contribution in [3.63, 3.8) is 0 Å². The molecule has 0 saturated carbocycles. The minimum absolute atomic E-state index is 0.00529. The van der Waals surface area contributed by atoms with Crippen LogP contribution in [0.1, 0.15) is 12.5 Å². The summed E-state index contributed by atoms with van der Waals surface area (Å²) in [6.07, 6.45) is 0. The van der Waals surface area contributed by atoms with Gasteiger partial charge >= 0.3 is 0 Å². The number of nitrogens with zero attached hydrogens (tertiary/aromatic N) is 1. The first-order chi connectivity index (χ1) is 10.1. The van der Waals surface area contributed by atoms with Crippen molar-refractivity contribution in [2.75, 3.05) is 11.9 Å². The number of anilines is 1. The lowest BCUT2D eigenvalue weighted by molar-refractivity contribution is -0.384. The zero-order valence-corrected chi connectivity index (χ0v) is 13.1. The number of hydrogen-bond acceptors (Lipinski definition) is 4. The zero-order chi connectivity index (χ0) is 15.2. The van der Waals surface area contributed by atoms with Crippen molar-refractivity contribution < 1.29 is 9.66 Å². The molecule has 0 aliphatic rings. The average molecular weight is 351 g/mol. The van der Waals surface area contributed by atoms with Gasteiger partial charge in [0.1, 0.15) is 6.61 Å². The van der Waals surface area contributed by atoms with Crippen molar-refractivity contribution in [1.29, 1.82) is 0 Å². The van der Waals surface area contributed by atoms with Crippen molar-refractivity contribution in [3.8, 4) is 5.75 Å². The number of rotatable bonds is 6. The molecule has 2 aromatic carbocycles. The van der Waals surface area contributed by atoms with E-state index in [-0.39, 0.29) is 5.69 Å². The van der Waals surface area contributed by atoms with Gasteiger partial charge in [0.2, 0.25) is 0 Å². The molecule has 0 radical (unpaired) electrons. The molecule has 5 nitrogen and oxygen atoms in total. The van der Waals surface area contributed by atoms with Gasteiger partial charge in [-0.1, -0.05) is 46.3 Å². The summed E-state index contributed by atoms with van der Waals surface area (Å²) in [5.74, 6) is 0.460. The van der Waals surface area contributed by atoms with E-state index in [0.717, 1.165) is 5.56 Å². The fourth-order valence-corrected chi connectivity index (χ4v) is 2.34. The molecule has 6 heteroatoms. The second-order valence-corrected chi connectivity index (χ2v) is 5.28. The zero-order valence-electron chi connectivity index (χ0n) is 11.5. The van der Waals surface area contributed by atoms with E-state index in [0.29, 0.717) is 29.1 Å². The van der Waals surface area contributed by atoms with Gasteiger partial charge in [0.25, 0.3) is 5.69 Å². The Hall–Kier alpha value is -2.08. The third-order valence-corrected chi connectivity index (χ3v) is 3.29. The van der Waals surface area contributed by atoms with Crippen LogP contribution in [0.5, 0.6) is 5.75 Å². The predicted molar refractivity (Wildman–Crippen MR) is 85.7 cm³/mol. The van der Waals surface area contributed by atoms with Crippen LogP contribution in [0.2, 0.25) is 0 Å². The van der Waals surface area contributed by atoms with E-state index < -0.39 is 4.92 Å². The molecule has 0 saturated heterocycles. The number of nitrogens with one attached hydrogen (secondary N) is 1. The van der Waals surface area contributed by atoms with E-state index in [1.54, 1.807) is 6.07 Å². The summed E-state index contributed by atoms with van der Waals surface area (Å²) < 4.78 is 6.36. The fourth-order valence-electron chi connectivity index (χ4n) is 1.92. The minimum atomic E-state index is -0.419. The van der Waals surface area contributed by atoms with E-state index in [4.69, 9.17) is 4.74 Å². The standard InChI is InChI=1S/C15H15BrN2O3/c1-2-17-15-13(18(19)20)8-12(16)9-14(15)21-10-11-6-4-3-5-7-11/h3-9,17H,2,10H2,1H3. The lowest BCUT2D eigenvalue weighted by Crippen LogP contribution is -2.05. The Bertz CT molecular complexity index is 632. The SMILES string of the molecule is CCNc1c(OCc2ccccc2)cc(Br)cc1[N+](=O)[O-]. The molecule has 0 atom stereocenters. The molecule has 0 heterocycles. The number of hydrogen-bond donors (Lipinski definition) is 1. The molecule has 0 unspecified atom stereocenters. The summed E-state index contributed by atoms with van der Waals surface area (Å²) in [5.41, 5.74) is 1.40. The maximum atomic E-state index is 11.2. The van der Waals surface area contributed by atoms with E-state index in [9.17, 15) is 10.1 Å². The lowest BCUT2D eigenvalue weighted by atomic mass is 10.2. The van der Waals surface area contributed by atoms with E-state index in [1.165, 1.54) is 6.07 Å². The van der Waals surface area contributed by atoms with Crippen LogP contribution in [0, 0.1) is 10.1 Å². The third kappa shape index (κ3) is 3.95. The van der Waals surface area contributed by atoms with Crippen LogP contribution in [-0.4, -0.2) is 11.5 Å². The highest BCUT2D eigenvalue weighted by atomic mass is 79.9. The summed E-state index contributed by atoms with van der Waals surface area (Å²) in [5, 5.41) is 14.2. The molecule has 0 aliphatic carbocycles. The van der Waals surface area contributed by atoms with E-state index >= 15 is 0 Å². The molecule has 0 spiro atoms. The fraction of sp³-hybridized carbons (Fsp3) is 0.200. The molecule has 0 amide bonds. The van der Waals surface area contributed by atoms with Crippen molar-refractivity contribution in [2.24, 2.45) is 0 Å². The minimum Gasteiger partial charge on any atom is -0.486 e. The number of halogens is 1. The van der Waals surface area contributed by atoms with Crippen LogP contribution in [-0.2, 0) is 6.61 Å². The molecule has 0 fully saturated rings. The first-order valence-corrected chi connectivity index (χ1v) is 7.29. The summed E-state index contributed by atoms with van der Waals surface area (Å²) >= 11 is 3.28. The van der Waals surface area contributed by atoms with Crippen LogP contribution >= 0.6 is 15.9 Å². The first-order valence-electron chi connectivity index (χ1n) is 6.50. The van der Waals surface area contributed by atoms with Gasteiger partial charge in [0.05, 0.1) is 4.92 Å². The van der Waals surface area contributed by atoms with Gasteiger partial charge < -0.3 is 10.1 Å². The number of nitro benzene ring substituents is 1. The van der Waals surface area contributed by atoms with Gasteiger partial charge in [-0.15, -0.1) is 0 Å². The maximum Gasteiger partial charge on any atom is 0.297 e. The molecular weight excluding hydrogens is 336 g/mol. The number of ether oxygens (including phenoxy) is 1. The second kappa shape index (κ2) is 7.08. The van der Waals surface area contributed by atoms with Gasteiger partial charge in [0, 0.05) is 17.1 Å². The van der Waals surface area contributed by atoms with Gasteiger partial charge in [-0.25, -0.2) is 0 Å². The maximum absolute atomic E-state index is 11.2. The van der Waals surface area contributed by atoms with Crippen LogP contribution in [0.4, 0.5) is 11.4 Å². The quantitative estimate of drug-likeness (QED) is 0.620. The Morgan fingerprint density at radius 1 is 1.29 bits per heavy atom. The van der Waals surface area contributed by atoms with Crippen LogP contribution in [0.3, 0.4) is 0 Å². The van der Waals surface area contributed by atoms with E-state index in [2.05, 4.69) is 21.2 Å². The highest BCUT2D eigenvalue weighted by Gasteiger charge is 2.20. The Labute approximate surface area is 131 Å². The molecule has 110 valence electrons. The Morgan fingerprint density at radius 2 is 2.00 bits per heavy atom. The van der Waals surface area contributed by atoms with Gasteiger partial charge in [-0.2, -0.15) is 0 Å². The molecule has 0 aromatic heterocycles. The highest BCUT2D eigenvalue weighted by Crippen LogP contribution is 2.38. The normalized spacial score (nSPS) is 10.2. The van der Waals surface area contributed by atoms with Gasteiger partial charge in [0.15, 0.2) is 11.4 Å². The van der Waals surface area contributed by atoms with Gasteiger partial charge in [-0.05, 0) is 18.6 Å². The Kier molecular flexibility index (Phi) is 5.16. The monoisotopic (exact) mass is 350 g/mol. The molecule has 0 bridgehead atoms. The van der Waals surface area contributed by atoms with Crippen LogP contribution in [0.25, 0.3) is 0 Å². The predicted octanol–water partition coefficient (Wildman–Crippen LogP) is 4.37. The summed E-state index contributed by atoms with van der Waals surface area (Å²) in [6, 6.07) is 12.9. The van der Waals surface area contributed by atoms with Crippen molar-refractivity contribution in [3.05, 3.63) is 62.6 Å². The topological polar surface area (TPSA) is 64.4 Å². The van der Waals surface area contributed by atoms with Crippen molar-refractivity contribution in [1.82, 2.24) is 0 Å². The first kappa shape index (κ1) is 15.3. The van der Waals surface area contributed by atoms with Crippen molar-refractivity contribution in [2.45, 2.75) is 13.5 Å². The second-order valence-electron chi connectivity index (χ2n) is 4.36. The average Bonchev–Trinajstić information content (AvgIpc) is 2.48. The number of nitro groups is 1. The Morgan fingerprint density at radius 3 is 2.62 bits per heavy atom. The third-order valence-electron chi connectivity index (χ3n) is 2.83. The highest BCUT2D eigenvalue weighted by molar-refractivity contribution is 9.10. The Balaban J connectivity index is 2.30. The van der Waals surface area contributed by atoms with Crippen molar-refractivity contribution >= 4 is 27.3 Å². The van der Waals surface area contributed by atoms with E-state index in [1.807, 2.05) is 37.3 Å². The summed E-state index contributed by atoms with van der Waals surface area (Å²) in [7, 11) is 0. The number of benzene rings is 2. The lowest BCUT2D eigenvalue weighted by Gasteiger charge is -2.13. The smallest absolute Gasteiger partial charge is 0.297 e. The molecule has 1 N–H and O–H groups in total. The largest absolute Gasteiger partial charge is 0.486 e. The van der Waals surface area contributed by atoms with Crippen LogP contribution in [0.15, 0.2) is 46.9 Å². The molecule has 0 aliphatic heterocycles. The summed E-state index contributed by atoms with van der Waals surface area (Å²) in [6.45, 7) is 2.81. The molecular formula is C15H15BrN2O3. The summed E-state index contributed by atoms with van der Waals surface area (Å²) in [4.78, 5) is 10.7. The van der Waals surface area contributed by atoms with Gasteiger partial charge in [-0.3, -0.25) is 10.1 Å². The molecule has 21 heavy (non-hydrogen) atoms. The molecule has 2 rings (SSSR count). The van der Waals surface area contributed by atoms with Crippen LogP contribution < -0.4 is 10.1 Å². The molecule has 2 aromatic rings.